The van der Waals surface area contributed by atoms with Crippen molar-refractivity contribution in [3.63, 3.8) is 0 Å². The fourth-order valence-electron chi connectivity index (χ4n) is 2.47. The Kier molecular flexibility index (Phi) is 4.69. The van der Waals surface area contributed by atoms with E-state index in [1.807, 2.05) is 20.8 Å². The summed E-state index contributed by atoms with van der Waals surface area (Å²) in [6, 6.07) is -0.273. The van der Waals surface area contributed by atoms with Crippen LogP contribution in [0, 0.1) is 13.8 Å². The van der Waals surface area contributed by atoms with Crippen LogP contribution in [0.2, 0.25) is 0 Å². The lowest BCUT2D eigenvalue weighted by atomic mass is 10.2. The summed E-state index contributed by atoms with van der Waals surface area (Å²) in [6.07, 6.45) is 1.53. The van der Waals surface area contributed by atoms with Gasteiger partial charge in [0.15, 0.2) is 11.0 Å². The maximum Gasteiger partial charge on any atom is 0.243 e. The number of nitrogens with zero attached hydrogens (tertiary/aromatic N) is 4. The summed E-state index contributed by atoms with van der Waals surface area (Å²) in [5.41, 5.74) is 0. The minimum absolute atomic E-state index is 0.0637. The van der Waals surface area contributed by atoms with E-state index in [0.717, 1.165) is 10.7 Å². The fourth-order valence-corrected chi connectivity index (χ4v) is 3.14. The van der Waals surface area contributed by atoms with Crippen molar-refractivity contribution in [2.45, 2.75) is 32.9 Å². The first kappa shape index (κ1) is 16.0. The molecule has 9 heteroatoms. The van der Waals surface area contributed by atoms with E-state index in [1.54, 1.807) is 6.20 Å². The van der Waals surface area contributed by atoms with Crippen molar-refractivity contribution in [3.8, 4) is 0 Å². The predicted octanol–water partition coefficient (Wildman–Crippen LogP) is 1.28. The van der Waals surface area contributed by atoms with Crippen molar-refractivity contribution >= 4 is 22.4 Å². The van der Waals surface area contributed by atoms with Crippen LogP contribution in [-0.2, 0) is 9.53 Å². The molecule has 2 atom stereocenters. The number of rotatable bonds is 4. The molecule has 124 valence electrons. The van der Waals surface area contributed by atoms with Gasteiger partial charge in [-0.05, 0) is 20.8 Å². The Labute approximate surface area is 138 Å². The summed E-state index contributed by atoms with van der Waals surface area (Å²) in [4.78, 5) is 24.0. The van der Waals surface area contributed by atoms with Crippen LogP contribution < -0.4 is 5.32 Å². The largest absolute Gasteiger partial charge is 0.367 e. The van der Waals surface area contributed by atoms with Crippen LogP contribution in [0.25, 0.3) is 0 Å². The second-order valence-electron chi connectivity index (χ2n) is 5.57. The lowest BCUT2D eigenvalue weighted by Crippen LogP contribution is -2.48. The van der Waals surface area contributed by atoms with Crippen LogP contribution in [0.5, 0.6) is 0 Å². The first-order valence-corrected chi connectivity index (χ1v) is 8.32. The van der Waals surface area contributed by atoms with E-state index in [1.165, 1.54) is 11.3 Å². The van der Waals surface area contributed by atoms with E-state index in [9.17, 15) is 4.79 Å². The number of aromatic amines is 1. The van der Waals surface area contributed by atoms with Crippen LogP contribution in [0.3, 0.4) is 0 Å². The molecule has 0 bridgehead atoms. The van der Waals surface area contributed by atoms with E-state index in [0.29, 0.717) is 30.7 Å². The SMILES string of the molecule is Cc1nc([C@@H]2CN([C@@H](C)C(=O)Nc3ncc(C)s3)CCO2)n[nH]1. The molecular formula is C14H20N6O2S. The number of aromatic nitrogens is 4. The van der Waals surface area contributed by atoms with Crippen LogP contribution in [-0.4, -0.2) is 56.7 Å². The number of thiazole rings is 1. The molecular weight excluding hydrogens is 316 g/mol. The van der Waals surface area contributed by atoms with Gasteiger partial charge in [0.05, 0.1) is 12.6 Å². The summed E-state index contributed by atoms with van der Waals surface area (Å²) in [5, 5.41) is 10.5. The van der Waals surface area contributed by atoms with Gasteiger partial charge in [-0.3, -0.25) is 14.8 Å². The number of H-pyrrole nitrogens is 1. The molecule has 2 aromatic rings. The molecule has 0 aliphatic carbocycles. The maximum atomic E-state index is 12.4. The molecule has 3 heterocycles. The predicted molar refractivity (Wildman–Crippen MR) is 86.3 cm³/mol. The van der Waals surface area contributed by atoms with Gasteiger partial charge >= 0.3 is 0 Å². The number of ether oxygens (including phenoxy) is 1. The van der Waals surface area contributed by atoms with Crippen molar-refractivity contribution < 1.29 is 9.53 Å². The quantitative estimate of drug-likeness (QED) is 0.873. The summed E-state index contributed by atoms with van der Waals surface area (Å²) in [5.74, 6) is 1.33. The van der Waals surface area contributed by atoms with Crippen LogP contribution in [0.4, 0.5) is 5.13 Å². The van der Waals surface area contributed by atoms with Gasteiger partial charge < -0.3 is 10.1 Å². The van der Waals surface area contributed by atoms with Crippen molar-refractivity contribution in [2.75, 3.05) is 25.0 Å². The van der Waals surface area contributed by atoms with E-state index in [-0.39, 0.29) is 18.1 Å². The Hall–Kier alpha value is -1.84. The topological polar surface area (TPSA) is 96.0 Å². The van der Waals surface area contributed by atoms with Gasteiger partial charge in [0.2, 0.25) is 5.91 Å². The standard InChI is InChI=1S/C14H20N6O2S/c1-8-6-15-14(23-8)17-13(21)9(2)20-4-5-22-11(7-20)12-16-10(3)18-19-12/h6,9,11H,4-5,7H2,1-3H3,(H,15,17,21)(H,16,18,19)/t9-,11-/m0/s1. The molecule has 2 N–H and O–H groups in total. The Bertz CT molecular complexity index is 684. The molecule has 3 rings (SSSR count). The van der Waals surface area contributed by atoms with Crippen LogP contribution >= 0.6 is 11.3 Å². The number of aryl methyl sites for hydroxylation is 2. The lowest BCUT2D eigenvalue weighted by molar-refractivity contribution is -0.124. The molecule has 0 aromatic carbocycles. The second-order valence-corrected chi connectivity index (χ2v) is 6.81. The molecule has 2 aromatic heterocycles. The van der Waals surface area contributed by atoms with Gasteiger partial charge in [-0.15, -0.1) is 11.3 Å². The Morgan fingerprint density at radius 2 is 2.39 bits per heavy atom. The summed E-state index contributed by atoms with van der Waals surface area (Å²) < 4.78 is 5.73. The van der Waals surface area contributed by atoms with Gasteiger partial charge in [-0.2, -0.15) is 5.10 Å². The summed E-state index contributed by atoms with van der Waals surface area (Å²) in [6.45, 7) is 7.53. The number of anilines is 1. The number of nitrogens with one attached hydrogen (secondary N) is 2. The average molecular weight is 336 g/mol. The first-order chi connectivity index (χ1) is 11.0. The van der Waals surface area contributed by atoms with Gasteiger partial charge in [-0.25, -0.2) is 9.97 Å². The lowest BCUT2D eigenvalue weighted by Gasteiger charge is -2.34. The third-order valence-electron chi connectivity index (χ3n) is 3.78. The van der Waals surface area contributed by atoms with E-state index >= 15 is 0 Å². The van der Waals surface area contributed by atoms with Crippen LogP contribution in [0.15, 0.2) is 6.20 Å². The molecule has 0 unspecified atom stereocenters. The van der Waals surface area contributed by atoms with E-state index in [2.05, 4.69) is 30.4 Å². The highest BCUT2D eigenvalue weighted by Gasteiger charge is 2.30. The Balaban J connectivity index is 1.62. The van der Waals surface area contributed by atoms with E-state index < -0.39 is 0 Å². The average Bonchev–Trinajstić information content (AvgIpc) is 3.15. The highest BCUT2D eigenvalue weighted by atomic mass is 32.1. The van der Waals surface area contributed by atoms with Crippen LogP contribution in [0.1, 0.15) is 29.6 Å². The van der Waals surface area contributed by atoms with Gasteiger partial charge in [0.1, 0.15) is 11.9 Å². The van der Waals surface area contributed by atoms with Crippen molar-refractivity contribution in [1.29, 1.82) is 0 Å². The van der Waals surface area contributed by atoms with Crippen molar-refractivity contribution in [2.24, 2.45) is 0 Å². The number of carbonyl (C=O) groups is 1. The third-order valence-corrected chi connectivity index (χ3v) is 4.61. The normalized spacial score (nSPS) is 20.4. The smallest absolute Gasteiger partial charge is 0.243 e. The zero-order valence-corrected chi connectivity index (χ0v) is 14.2. The molecule has 8 nitrogen and oxygen atoms in total. The maximum absolute atomic E-state index is 12.4. The second kappa shape index (κ2) is 6.73. The number of morpholine rings is 1. The Morgan fingerprint density at radius 3 is 3.04 bits per heavy atom. The van der Waals surface area contributed by atoms with Gasteiger partial charge in [-0.1, -0.05) is 0 Å². The van der Waals surface area contributed by atoms with Crippen molar-refractivity contribution in [3.05, 3.63) is 22.7 Å². The highest BCUT2D eigenvalue weighted by molar-refractivity contribution is 7.15. The third kappa shape index (κ3) is 3.74. The number of hydrogen-bond donors (Lipinski definition) is 2. The first-order valence-electron chi connectivity index (χ1n) is 7.51. The molecule has 0 spiro atoms. The molecule has 1 amide bonds. The Morgan fingerprint density at radius 1 is 1.57 bits per heavy atom. The number of carbonyl (C=O) groups excluding carboxylic acids is 1. The summed E-state index contributed by atoms with van der Waals surface area (Å²) in [7, 11) is 0. The van der Waals surface area contributed by atoms with Crippen molar-refractivity contribution in [1.82, 2.24) is 25.1 Å². The fraction of sp³-hybridized carbons (Fsp3) is 0.571. The zero-order chi connectivity index (χ0) is 16.4. The molecule has 1 aliphatic rings. The monoisotopic (exact) mass is 336 g/mol. The summed E-state index contributed by atoms with van der Waals surface area (Å²) >= 11 is 1.47. The zero-order valence-electron chi connectivity index (χ0n) is 13.4. The highest BCUT2D eigenvalue weighted by Crippen LogP contribution is 2.22. The molecule has 0 radical (unpaired) electrons. The molecule has 23 heavy (non-hydrogen) atoms. The minimum Gasteiger partial charge on any atom is -0.367 e. The molecule has 1 fully saturated rings. The van der Waals surface area contributed by atoms with E-state index in [4.69, 9.17) is 4.74 Å². The number of amides is 1. The minimum atomic E-state index is -0.273. The molecule has 1 aliphatic heterocycles. The van der Waals surface area contributed by atoms with Gasteiger partial charge in [0.25, 0.3) is 0 Å². The molecule has 0 saturated carbocycles. The van der Waals surface area contributed by atoms with Gasteiger partial charge in [0, 0.05) is 24.2 Å². The molecule has 1 saturated heterocycles. The number of hydrogen-bond acceptors (Lipinski definition) is 7.